The first-order valence-electron chi connectivity index (χ1n) is 8.84. The molecule has 26 heavy (non-hydrogen) atoms. The maximum atomic E-state index is 11.9. The number of hydrogen-bond donors (Lipinski definition) is 2. The Morgan fingerprint density at radius 3 is 2.38 bits per heavy atom. The molecule has 1 amide bonds. The number of carbonyl (C=O) groups excluding carboxylic acids is 1. The Bertz CT molecular complexity index is 814. The Balaban J connectivity index is 1.77. The van der Waals surface area contributed by atoms with Crippen LogP contribution in [0.1, 0.15) is 29.0 Å². The number of phenols is 1. The summed E-state index contributed by atoms with van der Waals surface area (Å²) in [6.07, 6.45) is 1.09. The highest BCUT2D eigenvalue weighted by Crippen LogP contribution is 2.47. The van der Waals surface area contributed by atoms with Gasteiger partial charge >= 0.3 is 0 Å². The average molecular weight is 371 g/mol. The molecule has 0 aromatic heterocycles. The lowest BCUT2D eigenvalue weighted by molar-refractivity contribution is -0.115. The van der Waals surface area contributed by atoms with Crippen molar-refractivity contribution in [2.24, 2.45) is 0 Å². The fourth-order valence-corrected chi connectivity index (χ4v) is 3.75. The molecule has 0 saturated heterocycles. The van der Waals surface area contributed by atoms with Crippen LogP contribution in [0.5, 0.6) is 5.75 Å². The van der Waals surface area contributed by atoms with E-state index in [4.69, 9.17) is 0 Å². The van der Waals surface area contributed by atoms with E-state index in [-0.39, 0.29) is 11.7 Å². The van der Waals surface area contributed by atoms with Gasteiger partial charge < -0.3 is 14.9 Å². The second-order valence-corrected chi connectivity index (χ2v) is 7.47. The highest BCUT2D eigenvalue weighted by molar-refractivity contribution is 7.81. The number of phenolic OH excluding ortho intramolecular Hbond substituents is 1. The molecule has 1 fully saturated rings. The number of hydrogen-bond acceptors (Lipinski definition) is 4. The van der Waals surface area contributed by atoms with Gasteiger partial charge in [-0.15, -0.1) is 0 Å². The normalized spacial score (nSPS) is 18.5. The monoisotopic (exact) mass is 370 g/mol. The SMILES string of the molecule is Cc1cc(C2CC2N(C)c2cccc(N(C)C(=O)CS)c2)cc(C)c1O. The van der Waals surface area contributed by atoms with Crippen molar-refractivity contribution < 1.29 is 9.90 Å². The first-order chi connectivity index (χ1) is 12.3. The third-order valence-corrected chi connectivity index (χ3v) is 5.60. The molecule has 0 bridgehead atoms. The number of nitrogens with zero attached hydrogens (tertiary/aromatic N) is 2. The molecule has 2 aromatic carbocycles. The largest absolute Gasteiger partial charge is 0.507 e. The second-order valence-electron chi connectivity index (χ2n) is 7.15. The molecule has 3 rings (SSSR count). The number of anilines is 2. The van der Waals surface area contributed by atoms with Crippen LogP contribution in [0.15, 0.2) is 36.4 Å². The predicted octanol–water partition coefficient (Wildman–Crippen LogP) is 3.89. The third-order valence-electron chi connectivity index (χ3n) is 5.33. The molecule has 4 nitrogen and oxygen atoms in total. The highest BCUT2D eigenvalue weighted by atomic mass is 32.1. The van der Waals surface area contributed by atoms with E-state index >= 15 is 0 Å². The molecular formula is C21H26N2O2S. The van der Waals surface area contributed by atoms with Crippen LogP contribution in [0.3, 0.4) is 0 Å². The zero-order chi connectivity index (χ0) is 19.0. The van der Waals surface area contributed by atoms with E-state index in [0.717, 1.165) is 28.9 Å². The van der Waals surface area contributed by atoms with Gasteiger partial charge in [-0.3, -0.25) is 4.79 Å². The van der Waals surface area contributed by atoms with Gasteiger partial charge in [0.1, 0.15) is 5.75 Å². The molecule has 2 unspecified atom stereocenters. The lowest BCUT2D eigenvalue weighted by Crippen LogP contribution is -2.28. The summed E-state index contributed by atoms with van der Waals surface area (Å²) in [5, 5.41) is 9.99. The number of aryl methyl sites for hydroxylation is 2. The average Bonchev–Trinajstić information content (AvgIpc) is 3.44. The lowest BCUT2D eigenvalue weighted by atomic mass is 10.0. The topological polar surface area (TPSA) is 43.8 Å². The number of amides is 1. The Morgan fingerprint density at radius 1 is 1.15 bits per heavy atom. The summed E-state index contributed by atoms with van der Waals surface area (Å²) in [6.45, 7) is 3.90. The maximum Gasteiger partial charge on any atom is 0.236 e. The molecule has 1 N–H and O–H groups in total. The first kappa shape index (κ1) is 18.6. The van der Waals surface area contributed by atoms with Crippen LogP contribution < -0.4 is 9.80 Å². The fraction of sp³-hybridized carbons (Fsp3) is 0.381. The van der Waals surface area contributed by atoms with Crippen LogP contribution in [-0.2, 0) is 4.79 Å². The summed E-state index contributed by atoms with van der Waals surface area (Å²) in [5.41, 5.74) is 5.13. The molecule has 0 heterocycles. The zero-order valence-corrected chi connectivity index (χ0v) is 16.6. The lowest BCUT2D eigenvalue weighted by Gasteiger charge is -2.23. The van der Waals surface area contributed by atoms with Crippen LogP contribution in [0.4, 0.5) is 11.4 Å². The molecule has 5 heteroatoms. The Hall–Kier alpha value is -2.14. The van der Waals surface area contributed by atoms with Crippen LogP contribution >= 0.6 is 12.6 Å². The number of rotatable bonds is 5. The molecule has 2 aromatic rings. The summed E-state index contributed by atoms with van der Waals surface area (Å²) in [5.74, 6) is 1.04. The molecule has 138 valence electrons. The number of benzene rings is 2. The summed E-state index contributed by atoms with van der Waals surface area (Å²) in [7, 11) is 3.88. The van der Waals surface area contributed by atoms with Gasteiger partial charge in [-0.25, -0.2) is 0 Å². The van der Waals surface area contributed by atoms with Crippen molar-refractivity contribution in [3.05, 3.63) is 53.1 Å². The smallest absolute Gasteiger partial charge is 0.236 e. The fourth-order valence-electron chi connectivity index (χ4n) is 3.53. The molecular weight excluding hydrogens is 344 g/mol. The predicted molar refractivity (Wildman–Crippen MR) is 111 cm³/mol. The van der Waals surface area contributed by atoms with Gasteiger partial charge in [-0.05, 0) is 55.2 Å². The van der Waals surface area contributed by atoms with Crippen LogP contribution in [0, 0.1) is 13.8 Å². The Morgan fingerprint density at radius 2 is 1.77 bits per heavy atom. The van der Waals surface area contributed by atoms with E-state index in [2.05, 4.69) is 42.8 Å². The van der Waals surface area contributed by atoms with Gasteiger partial charge in [0, 0.05) is 37.4 Å². The van der Waals surface area contributed by atoms with Gasteiger partial charge in [0.05, 0.1) is 5.75 Å². The van der Waals surface area contributed by atoms with Crippen molar-refractivity contribution in [3.8, 4) is 5.75 Å². The number of carbonyl (C=O) groups is 1. The Kier molecular flexibility index (Phi) is 5.19. The van der Waals surface area contributed by atoms with Crippen molar-refractivity contribution in [1.82, 2.24) is 0 Å². The minimum atomic E-state index is -0.0209. The quantitative estimate of drug-likeness (QED) is 0.785. The highest BCUT2D eigenvalue weighted by Gasteiger charge is 2.42. The number of likely N-dealkylation sites (N-methyl/N-ethyl adjacent to an activating group) is 1. The molecule has 0 aliphatic heterocycles. The van der Waals surface area contributed by atoms with Crippen LogP contribution in [-0.4, -0.2) is 36.9 Å². The van der Waals surface area contributed by atoms with E-state index in [9.17, 15) is 9.90 Å². The maximum absolute atomic E-state index is 11.9. The molecule has 2 atom stereocenters. The van der Waals surface area contributed by atoms with Gasteiger partial charge in [0.25, 0.3) is 0 Å². The summed E-state index contributed by atoms with van der Waals surface area (Å²) in [4.78, 5) is 15.8. The summed E-state index contributed by atoms with van der Waals surface area (Å²) in [6, 6.07) is 12.7. The van der Waals surface area contributed by atoms with Crippen molar-refractivity contribution in [1.29, 1.82) is 0 Å². The van der Waals surface area contributed by atoms with Crippen LogP contribution in [0.25, 0.3) is 0 Å². The van der Waals surface area contributed by atoms with Gasteiger partial charge in [-0.2, -0.15) is 12.6 Å². The van der Waals surface area contributed by atoms with Crippen molar-refractivity contribution >= 4 is 29.9 Å². The minimum Gasteiger partial charge on any atom is -0.507 e. The Labute approximate surface area is 160 Å². The van der Waals surface area contributed by atoms with E-state index < -0.39 is 0 Å². The third kappa shape index (κ3) is 3.54. The molecule has 0 radical (unpaired) electrons. The number of aromatic hydroxyl groups is 1. The van der Waals surface area contributed by atoms with Gasteiger partial charge in [0.2, 0.25) is 5.91 Å². The van der Waals surface area contributed by atoms with Gasteiger partial charge in [0.15, 0.2) is 0 Å². The second kappa shape index (κ2) is 7.23. The minimum absolute atomic E-state index is 0.0209. The van der Waals surface area contributed by atoms with Crippen molar-refractivity contribution in [3.63, 3.8) is 0 Å². The van der Waals surface area contributed by atoms with Gasteiger partial charge in [-0.1, -0.05) is 18.2 Å². The zero-order valence-electron chi connectivity index (χ0n) is 15.7. The summed E-state index contributed by atoms with van der Waals surface area (Å²) < 4.78 is 0. The van der Waals surface area contributed by atoms with E-state index in [1.807, 2.05) is 32.0 Å². The van der Waals surface area contributed by atoms with E-state index in [0.29, 0.717) is 17.7 Å². The van der Waals surface area contributed by atoms with E-state index in [1.54, 1.807) is 11.9 Å². The molecule has 1 aliphatic carbocycles. The van der Waals surface area contributed by atoms with Crippen molar-refractivity contribution in [2.45, 2.75) is 32.2 Å². The standard InChI is InChI=1S/C21H26N2O2S/c1-13-8-15(9-14(2)21(13)25)18-11-19(18)22(3)16-6-5-7-17(10-16)23(4)20(24)12-26/h5-10,18-19,25-26H,11-12H2,1-4H3. The molecule has 1 saturated carbocycles. The number of thiol groups is 1. The molecule has 1 aliphatic rings. The summed E-state index contributed by atoms with van der Waals surface area (Å²) >= 11 is 4.07. The van der Waals surface area contributed by atoms with Crippen LogP contribution in [0.2, 0.25) is 0 Å². The first-order valence-corrected chi connectivity index (χ1v) is 9.47. The van der Waals surface area contributed by atoms with E-state index in [1.165, 1.54) is 5.56 Å². The molecule has 0 spiro atoms. The van der Waals surface area contributed by atoms with Crippen molar-refractivity contribution in [2.75, 3.05) is 29.6 Å².